The number of pyridine rings is 1. The van der Waals surface area contributed by atoms with Crippen LogP contribution in [0.3, 0.4) is 0 Å². The van der Waals surface area contributed by atoms with Gasteiger partial charge in [0.15, 0.2) is 9.84 Å². The van der Waals surface area contributed by atoms with Gasteiger partial charge >= 0.3 is 0 Å². The molecule has 1 aromatic heterocycles. The highest BCUT2D eigenvalue weighted by Crippen LogP contribution is 2.45. The summed E-state index contributed by atoms with van der Waals surface area (Å²) in [7, 11) is -3.37. The Labute approximate surface area is 113 Å². The highest BCUT2D eigenvalue weighted by Gasteiger charge is 2.40. The van der Waals surface area contributed by atoms with Gasteiger partial charge in [0.2, 0.25) is 5.91 Å². The van der Waals surface area contributed by atoms with E-state index >= 15 is 0 Å². The second-order valence-electron chi connectivity index (χ2n) is 5.90. The van der Waals surface area contributed by atoms with Gasteiger partial charge in [-0.25, -0.2) is 8.42 Å². The average molecular weight is 282 g/mol. The Morgan fingerprint density at radius 1 is 1.42 bits per heavy atom. The zero-order chi connectivity index (χ0) is 14.3. The van der Waals surface area contributed by atoms with Crippen molar-refractivity contribution in [1.82, 2.24) is 4.98 Å². The molecule has 0 unspecified atom stereocenters. The summed E-state index contributed by atoms with van der Waals surface area (Å²) in [5, 5.41) is 2.68. The normalized spacial score (nSPS) is 18.7. The number of anilines is 1. The Hall–Kier alpha value is -1.43. The third-order valence-electron chi connectivity index (χ3n) is 3.41. The summed E-state index contributed by atoms with van der Waals surface area (Å²) in [6, 6.07) is 1.40. The van der Waals surface area contributed by atoms with E-state index in [9.17, 15) is 13.2 Å². The number of sulfone groups is 1. The molecule has 0 aliphatic heterocycles. The maximum Gasteiger partial charge on any atom is 0.227 e. The van der Waals surface area contributed by atoms with Crippen LogP contribution in [-0.2, 0) is 14.6 Å². The zero-order valence-electron chi connectivity index (χ0n) is 11.3. The molecule has 1 amide bonds. The Morgan fingerprint density at radius 3 is 2.58 bits per heavy atom. The van der Waals surface area contributed by atoms with Crippen LogP contribution in [-0.4, -0.2) is 25.6 Å². The Morgan fingerprint density at radius 2 is 2.05 bits per heavy atom. The lowest BCUT2D eigenvalue weighted by atomic mass is 9.64. The molecule has 19 heavy (non-hydrogen) atoms. The van der Waals surface area contributed by atoms with Crippen LogP contribution in [0.1, 0.15) is 26.7 Å². The summed E-state index contributed by atoms with van der Waals surface area (Å²) < 4.78 is 23.2. The number of aromatic nitrogens is 1. The van der Waals surface area contributed by atoms with Crippen LogP contribution < -0.4 is 5.32 Å². The monoisotopic (exact) mass is 282 g/mol. The third kappa shape index (κ3) is 3.12. The molecule has 0 bridgehead atoms. The SMILES string of the molecule is CC1(C)CC(C(=O)Nc2cnccc2S(C)(=O)=O)C1. The lowest BCUT2D eigenvalue weighted by molar-refractivity contribution is -0.126. The van der Waals surface area contributed by atoms with Crippen LogP contribution in [0, 0.1) is 11.3 Å². The van der Waals surface area contributed by atoms with Gasteiger partial charge in [0.25, 0.3) is 0 Å². The summed E-state index contributed by atoms with van der Waals surface area (Å²) in [5.41, 5.74) is 0.469. The van der Waals surface area contributed by atoms with Crippen molar-refractivity contribution >= 4 is 21.4 Å². The van der Waals surface area contributed by atoms with Crippen molar-refractivity contribution in [1.29, 1.82) is 0 Å². The molecule has 1 saturated carbocycles. The van der Waals surface area contributed by atoms with E-state index in [-0.39, 0.29) is 27.8 Å². The summed E-state index contributed by atoms with van der Waals surface area (Å²) in [6.07, 6.45) is 5.54. The molecular weight excluding hydrogens is 264 g/mol. The lowest BCUT2D eigenvalue weighted by Gasteiger charge is -2.41. The predicted octanol–water partition coefficient (Wildman–Crippen LogP) is 1.86. The number of carbonyl (C=O) groups is 1. The minimum absolute atomic E-state index is 0.0392. The van der Waals surface area contributed by atoms with E-state index in [1.807, 2.05) is 0 Å². The van der Waals surface area contributed by atoms with Gasteiger partial charge in [-0.15, -0.1) is 0 Å². The first-order valence-electron chi connectivity index (χ1n) is 6.14. The number of nitrogens with one attached hydrogen (secondary N) is 1. The van der Waals surface area contributed by atoms with Gasteiger partial charge in [0, 0.05) is 18.4 Å². The van der Waals surface area contributed by atoms with Gasteiger partial charge in [-0.1, -0.05) is 13.8 Å². The van der Waals surface area contributed by atoms with Crippen molar-refractivity contribution in [3.05, 3.63) is 18.5 Å². The summed E-state index contributed by atoms with van der Waals surface area (Å²) in [4.78, 5) is 16.0. The molecular formula is C13H18N2O3S. The molecule has 1 heterocycles. The summed E-state index contributed by atoms with van der Waals surface area (Å²) in [5.74, 6) is -0.167. The first kappa shape index (κ1) is 14.0. The fourth-order valence-corrected chi connectivity index (χ4v) is 3.30. The minimum Gasteiger partial charge on any atom is -0.323 e. The molecule has 0 atom stereocenters. The second-order valence-corrected chi connectivity index (χ2v) is 7.89. The van der Waals surface area contributed by atoms with Crippen LogP contribution in [0.25, 0.3) is 0 Å². The molecule has 1 aliphatic carbocycles. The van der Waals surface area contributed by atoms with Gasteiger partial charge in [0.1, 0.15) is 0 Å². The molecule has 0 spiro atoms. The molecule has 1 N–H and O–H groups in total. The standard InChI is InChI=1S/C13H18N2O3S/c1-13(2)6-9(7-13)12(16)15-10-8-14-5-4-11(10)19(3,17)18/h4-5,8-9H,6-7H2,1-3H3,(H,15,16). The van der Waals surface area contributed by atoms with Crippen LogP contribution in [0.15, 0.2) is 23.4 Å². The van der Waals surface area contributed by atoms with E-state index in [0.29, 0.717) is 0 Å². The molecule has 1 aliphatic rings. The molecule has 5 nitrogen and oxygen atoms in total. The molecule has 1 fully saturated rings. The fraction of sp³-hybridized carbons (Fsp3) is 0.538. The van der Waals surface area contributed by atoms with Crippen LogP contribution >= 0.6 is 0 Å². The highest BCUT2D eigenvalue weighted by atomic mass is 32.2. The van der Waals surface area contributed by atoms with Crippen molar-refractivity contribution in [2.45, 2.75) is 31.6 Å². The molecule has 1 aromatic rings. The number of nitrogens with zero attached hydrogens (tertiary/aromatic N) is 1. The number of amides is 1. The Bertz CT molecular complexity index is 600. The van der Waals surface area contributed by atoms with Gasteiger partial charge in [0.05, 0.1) is 16.8 Å². The molecule has 6 heteroatoms. The van der Waals surface area contributed by atoms with Crippen molar-refractivity contribution in [2.75, 3.05) is 11.6 Å². The first-order valence-corrected chi connectivity index (χ1v) is 8.03. The molecule has 0 radical (unpaired) electrons. The third-order valence-corrected chi connectivity index (χ3v) is 4.56. The maximum absolute atomic E-state index is 12.0. The van der Waals surface area contributed by atoms with Gasteiger partial charge in [-0.2, -0.15) is 0 Å². The van der Waals surface area contributed by atoms with Crippen LogP contribution in [0.4, 0.5) is 5.69 Å². The van der Waals surface area contributed by atoms with Crippen molar-refractivity contribution in [2.24, 2.45) is 11.3 Å². The second kappa shape index (κ2) is 4.59. The number of hydrogen-bond donors (Lipinski definition) is 1. The van der Waals surface area contributed by atoms with E-state index in [4.69, 9.17) is 0 Å². The molecule has 104 valence electrons. The Kier molecular flexibility index (Phi) is 3.38. The van der Waals surface area contributed by atoms with Crippen LogP contribution in [0.2, 0.25) is 0 Å². The Balaban J connectivity index is 2.15. The maximum atomic E-state index is 12.0. The molecule has 2 rings (SSSR count). The van der Waals surface area contributed by atoms with Crippen molar-refractivity contribution in [3.8, 4) is 0 Å². The van der Waals surface area contributed by atoms with Gasteiger partial charge in [-0.05, 0) is 24.3 Å². The number of carbonyl (C=O) groups excluding carboxylic acids is 1. The number of rotatable bonds is 3. The highest BCUT2D eigenvalue weighted by molar-refractivity contribution is 7.90. The van der Waals surface area contributed by atoms with Crippen molar-refractivity contribution < 1.29 is 13.2 Å². The zero-order valence-corrected chi connectivity index (χ0v) is 12.1. The quantitative estimate of drug-likeness (QED) is 0.918. The van der Waals surface area contributed by atoms with Crippen LogP contribution in [0.5, 0.6) is 0 Å². The topological polar surface area (TPSA) is 76.1 Å². The lowest BCUT2D eigenvalue weighted by Crippen LogP contribution is -2.39. The van der Waals surface area contributed by atoms with E-state index in [0.717, 1.165) is 19.1 Å². The van der Waals surface area contributed by atoms with E-state index in [2.05, 4.69) is 24.1 Å². The average Bonchev–Trinajstić information content (AvgIpc) is 2.25. The first-order chi connectivity index (χ1) is 8.69. The van der Waals surface area contributed by atoms with E-state index in [1.165, 1.54) is 18.5 Å². The summed E-state index contributed by atoms with van der Waals surface area (Å²) in [6.45, 7) is 4.23. The smallest absolute Gasteiger partial charge is 0.227 e. The molecule has 0 aromatic carbocycles. The van der Waals surface area contributed by atoms with E-state index in [1.54, 1.807) is 0 Å². The fourth-order valence-electron chi connectivity index (χ4n) is 2.49. The van der Waals surface area contributed by atoms with Crippen molar-refractivity contribution in [3.63, 3.8) is 0 Å². The van der Waals surface area contributed by atoms with E-state index < -0.39 is 9.84 Å². The summed E-state index contributed by atoms with van der Waals surface area (Å²) >= 11 is 0. The largest absolute Gasteiger partial charge is 0.323 e. The predicted molar refractivity (Wildman–Crippen MR) is 72.5 cm³/mol. The van der Waals surface area contributed by atoms with Gasteiger partial charge < -0.3 is 5.32 Å². The molecule has 0 saturated heterocycles. The number of hydrogen-bond acceptors (Lipinski definition) is 4. The van der Waals surface area contributed by atoms with Gasteiger partial charge in [-0.3, -0.25) is 9.78 Å². The minimum atomic E-state index is -3.37.